The fraction of sp³-hybridized carbons (Fsp3) is 0.625. The second kappa shape index (κ2) is 6.84. The molecule has 1 aliphatic rings. The highest BCUT2D eigenvalue weighted by Gasteiger charge is 2.20. The van der Waals surface area contributed by atoms with Gasteiger partial charge in [0.05, 0.1) is 11.8 Å². The molecule has 4 heteroatoms. The Labute approximate surface area is 121 Å². The Kier molecular flexibility index (Phi) is 5.12. The second-order valence-corrected chi connectivity index (χ2v) is 5.80. The normalized spacial score (nSPS) is 18.0. The van der Waals surface area contributed by atoms with Crippen LogP contribution in [-0.2, 0) is 4.74 Å². The summed E-state index contributed by atoms with van der Waals surface area (Å²) in [6, 6.07) is 6.33. The lowest BCUT2D eigenvalue weighted by molar-refractivity contribution is 0.0622. The Morgan fingerprint density at radius 1 is 1.25 bits per heavy atom. The predicted octanol–water partition coefficient (Wildman–Crippen LogP) is 3.28. The Morgan fingerprint density at radius 2 is 1.95 bits per heavy atom. The summed E-state index contributed by atoms with van der Waals surface area (Å²) in [5.74, 6) is 1.42. The van der Waals surface area contributed by atoms with Crippen LogP contribution in [0.25, 0.3) is 0 Å². The van der Waals surface area contributed by atoms with Crippen molar-refractivity contribution in [3.63, 3.8) is 0 Å². The zero-order valence-corrected chi connectivity index (χ0v) is 12.7. The number of hydrogen-bond donors (Lipinski definition) is 2. The van der Waals surface area contributed by atoms with Gasteiger partial charge in [-0.3, -0.25) is 0 Å². The van der Waals surface area contributed by atoms with E-state index in [-0.39, 0.29) is 6.10 Å². The maximum atomic E-state index is 5.94. The van der Waals surface area contributed by atoms with E-state index in [2.05, 4.69) is 12.2 Å². The molecule has 0 spiro atoms. The molecule has 3 N–H and O–H groups in total. The van der Waals surface area contributed by atoms with Crippen LogP contribution in [0, 0.1) is 5.92 Å². The van der Waals surface area contributed by atoms with E-state index in [0.717, 1.165) is 37.5 Å². The van der Waals surface area contributed by atoms with Gasteiger partial charge in [-0.15, -0.1) is 0 Å². The topological polar surface area (TPSA) is 56.5 Å². The van der Waals surface area contributed by atoms with Crippen LogP contribution in [0.1, 0.15) is 33.6 Å². The molecule has 0 radical (unpaired) electrons. The van der Waals surface area contributed by atoms with Crippen LogP contribution < -0.4 is 15.8 Å². The number of benzene rings is 1. The minimum atomic E-state index is 0.125. The van der Waals surface area contributed by atoms with Crippen LogP contribution in [0.15, 0.2) is 18.2 Å². The third-order valence-corrected chi connectivity index (χ3v) is 3.74. The van der Waals surface area contributed by atoms with Gasteiger partial charge in [0.1, 0.15) is 5.75 Å². The average Bonchev–Trinajstić information content (AvgIpc) is 2.43. The first-order valence-corrected chi connectivity index (χ1v) is 7.46. The first-order chi connectivity index (χ1) is 9.56. The van der Waals surface area contributed by atoms with Gasteiger partial charge in [0.2, 0.25) is 0 Å². The third-order valence-electron chi connectivity index (χ3n) is 3.74. The van der Waals surface area contributed by atoms with Gasteiger partial charge in [-0.05, 0) is 51.7 Å². The molecule has 0 amide bonds. The number of ether oxygens (including phenoxy) is 2. The lowest BCUT2D eigenvalue weighted by Crippen LogP contribution is -2.30. The fourth-order valence-electron chi connectivity index (χ4n) is 2.58. The molecule has 0 aliphatic carbocycles. The molecule has 0 aromatic heterocycles. The number of nitrogens with two attached hydrogens (primary N) is 1. The lowest BCUT2D eigenvalue weighted by atomic mass is 9.93. The summed E-state index contributed by atoms with van der Waals surface area (Å²) in [6.45, 7) is 7.99. The summed E-state index contributed by atoms with van der Waals surface area (Å²) in [6.07, 6.45) is 2.37. The molecule has 112 valence electrons. The van der Waals surface area contributed by atoms with E-state index < -0.39 is 0 Å². The summed E-state index contributed by atoms with van der Waals surface area (Å²) in [4.78, 5) is 0. The summed E-state index contributed by atoms with van der Waals surface area (Å²) >= 11 is 0. The molecule has 0 bridgehead atoms. The van der Waals surface area contributed by atoms with Crippen LogP contribution in [0.2, 0.25) is 0 Å². The molecule has 0 saturated carbocycles. The summed E-state index contributed by atoms with van der Waals surface area (Å²) < 4.78 is 11.1. The molecule has 1 unspecified atom stereocenters. The van der Waals surface area contributed by atoms with Gasteiger partial charge in [0.15, 0.2) is 0 Å². The zero-order chi connectivity index (χ0) is 14.5. The lowest BCUT2D eigenvalue weighted by Gasteiger charge is -2.29. The van der Waals surface area contributed by atoms with E-state index in [1.54, 1.807) is 0 Å². The summed E-state index contributed by atoms with van der Waals surface area (Å²) in [7, 11) is 0. The largest absolute Gasteiger partial charge is 0.489 e. The molecular formula is C16H26N2O2. The van der Waals surface area contributed by atoms with Crippen molar-refractivity contribution in [2.24, 2.45) is 5.92 Å². The summed E-state index contributed by atoms with van der Waals surface area (Å²) in [5, 5.41) is 3.56. The zero-order valence-electron chi connectivity index (χ0n) is 12.7. The summed E-state index contributed by atoms with van der Waals surface area (Å²) in [5.41, 5.74) is 7.69. The van der Waals surface area contributed by atoms with Crippen LogP contribution >= 0.6 is 0 Å². The molecule has 1 aromatic carbocycles. The van der Waals surface area contributed by atoms with E-state index >= 15 is 0 Å². The molecule has 2 rings (SSSR count). The average molecular weight is 278 g/mol. The smallest absolute Gasteiger partial charge is 0.144 e. The number of rotatable bonds is 5. The van der Waals surface area contributed by atoms with Gasteiger partial charge in [0, 0.05) is 31.0 Å². The quantitative estimate of drug-likeness (QED) is 0.812. The highest BCUT2D eigenvalue weighted by Crippen LogP contribution is 2.28. The Morgan fingerprint density at radius 3 is 2.60 bits per heavy atom. The van der Waals surface area contributed by atoms with Crippen molar-refractivity contribution in [3.05, 3.63) is 18.2 Å². The second-order valence-electron chi connectivity index (χ2n) is 5.80. The highest BCUT2D eigenvalue weighted by atomic mass is 16.5. The molecule has 4 nitrogen and oxygen atoms in total. The predicted molar refractivity (Wildman–Crippen MR) is 83.2 cm³/mol. The van der Waals surface area contributed by atoms with Crippen molar-refractivity contribution in [1.82, 2.24) is 0 Å². The van der Waals surface area contributed by atoms with Crippen molar-refractivity contribution >= 4 is 11.4 Å². The fourth-order valence-corrected chi connectivity index (χ4v) is 2.58. The number of nitrogens with one attached hydrogen (secondary N) is 1. The SMILES string of the molecule is CC(C)Oc1cc(NC(C)C2CCOCC2)ccc1N. The number of hydrogen-bond acceptors (Lipinski definition) is 4. The minimum absolute atomic E-state index is 0.125. The van der Waals surface area contributed by atoms with Crippen molar-refractivity contribution in [3.8, 4) is 5.75 Å². The molecule has 1 fully saturated rings. The van der Waals surface area contributed by atoms with E-state index in [9.17, 15) is 0 Å². The molecular weight excluding hydrogens is 252 g/mol. The first-order valence-electron chi connectivity index (χ1n) is 7.46. The molecule has 1 aliphatic heterocycles. The van der Waals surface area contributed by atoms with Crippen LogP contribution in [0.4, 0.5) is 11.4 Å². The van der Waals surface area contributed by atoms with E-state index in [0.29, 0.717) is 17.6 Å². The number of nitrogen functional groups attached to an aromatic ring is 1. The highest BCUT2D eigenvalue weighted by molar-refractivity contribution is 5.61. The molecule has 1 heterocycles. The van der Waals surface area contributed by atoms with Gasteiger partial charge in [-0.1, -0.05) is 0 Å². The molecule has 20 heavy (non-hydrogen) atoms. The first kappa shape index (κ1) is 15.0. The van der Waals surface area contributed by atoms with E-state index in [1.807, 2.05) is 32.0 Å². The van der Waals surface area contributed by atoms with Crippen LogP contribution in [0.5, 0.6) is 5.75 Å². The van der Waals surface area contributed by atoms with Gasteiger partial charge >= 0.3 is 0 Å². The Bertz CT molecular complexity index is 428. The van der Waals surface area contributed by atoms with Crippen molar-refractivity contribution < 1.29 is 9.47 Å². The minimum Gasteiger partial charge on any atom is -0.489 e. The van der Waals surface area contributed by atoms with Gasteiger partial charge in [-0.25, -0.2) is 0 Å². The van der Waals surface area contributed by atoms with Crippen molar-refractivity contribution in [1.29, 1.82) is 0 Å². The van der Waals surface area contributed by atoms with Crippen molar-refractivity contribution in [2.75, 3.05) is 24.3 Å². The standard InChI is InChI=1S/C16H26N2O2/c1-11(2)20-16-10-14(4-5-15(16)17)18-12(3)13-6-8-19-9-7-13/h4-5,10-13,18H,6-9,17H2,1-3H3. The maximum Gasteiger partial charge on any atom is 0.144 e. The van der Waals surface area contributed by atoms with E-state index in [4.69, 9.17) is 15.2 Å². The van der Waals surface area contributed by atoms with Crippen LogP contribution in [-0.4, -0.2) is 25.4 Å². The van der Waals surface area contributed by atoms with Gasteiger partial charge in [-0.2, -0.15) is 0 Å². The Balaban J connectivity index is 2.01. The van der Waals surface area contributed by atoms with E-state index in [1.165, 1.54) is 0 Å². The van der Waals surface area contributed by atoms with Crippen molar-refractivity contribution in [2.45, 2.75) is 45.8 Å². The Hall–Kier alpha value is -1.42. The molecule has 1 aromatic rings. The number of anilines is 2. The molecule has 1 saturated heterocycles. The molecule has 1 atom stereocenters. The maximum absolute atomic E-state index is 5.94. The third kappa shape index (κ3) is 4.04. The van der Waals surface area contributed by atoms with Gasteiger partial charge < -0.3 is 20.5 Å². The van der Waals surface area contributed by atoms with Crippen LogP contribution in [0.3, 0.4) is 0 Å². The van der Waals surface area contributed by atoms with Gasteiger partial charge in [0.25, 0.3) is 0 Å². The monoisotopic (exact) mass is 278 g/mol.